The van der Waals surface area contributed by atoms with E-state index in [1.165, 1.54) is 23.1 Å². The van der Waals surface area contributed by atoms with Gasteiger partial charge in [0.1, 0.15) is 5.82 Å². The highest BCUT2D eigenvalue weighted by Crippen LogP contribution is 2.16. The minimum absolute atomic E-state index is 0.273. The van der Waals surface area contributed by atoms with Crippen LogP contribution in [0.1, 0.15) is 18.9 Å². The SMILES string of the molecule is Cc1cc(F)ccc1NC(=O)N(C)CCC(C)O. The Labute approximate surface area is 106 Å². The quantitative estimate of drug-likeness (QED) is 0.866. The van der Waals surface area contributed by atoms with Crippen molar-refractivity contribution in [3.8, 4) is 0 Å². The molecular weight excluding hydrogens is 235 g/mol. The standard InChI is InChI=1S/C13H19FN2O2/c1-9-8-11(14)4-5-12(9)15-13(18)16(3)7-6-10(2)17/h4-5,8,10,17H,6-7H2,1-3H3,(H,15,18). The van der Waals surface area contributed by atoms with Gasteiger partial charge >= 0.3 is 6.03 Å². The lowest BCUT2D eigenvalue weighted by Gasteiger charge is -2.19. The highest BCUT2D eigenvalue weighted by Gasteiger charge is 2.11. The van der Waals surface area contributed by atoms with E-state index in [0.717, 1.165) is 0 Å². The lowest BCUT2D eigenvalue weighted by atomic mass is 10.2. The molecule has 18 heavy (non-hydrogen) atoms. The van der Waals surface area contributed by atoms with Crippen LogP contribution in [0.25, 0.3) is 0 Å². The summed E-state index contributed by atoms with van der Waals surface area (Å²) in [6.07, 6.45) is 0.0829. The molecule has 100 valence electrons. The van der Waals surface area contributed by atoms with Gasteiger partial charge in [-0.05, 0) is 44.0 Å². The number of hydrogen-bond donors (Lipinski definition) is 2. The molecule has 1 aromatic carbocycles. The molecule has 0 aromatic heterocycles. The summed E-state index contributed by atoms with van der Waals surface area (Å²) in [4.78, 5) is 13.3. The number of hydrogen-bond acceptors (Lipinski definition) is 2. The van der Waals surface area contributed by atoms with Crippen LogP contribution in [0.15, 0.2) is 18.2 Å². The van der Waals surface area contributed by atoms with Crippen LogP contribution in [0.3, 0.4) is 0 Å². The molecule has 0 aliphatic rings. The summed E-state index contributed by atoms with van der Waals surface area (Å²) in [7, 11) is 1.65. The number of benzene rings is 1. The number of anilines is 1. The van der Waals surface area contributed by atoms with Gasteiger partial charge in [0.05, 0.1) is 6.10 Å². The zero-order valence-corrected chi connectivity index (χ0v) is 10.9. The van der Waals surface area contributed by atoms with Crippen molar-refractivity contribution in [2.45, 2.75) is 26.4 Å². The highest BCUT2D eigenvalue weighted by atomic mass is 19.1. The van der Waals surface area contributed by atoms with Crippen molar-refractivity contribution in [2.75, 3.05) is 18.9 Å². The van der Waals surface area contributed by atoms with Crippen LogP contribution in [-0.2, 0) is 0 Å². The smallest absolute Gasteiger partial charge is 0.321 e. The Morgan fingerprint density at radius 2 is 2.22 bits per heavy atom. The number of aliphatic hydroxyl groups is 1. The van der Waals surface area contributed by atoms with Crippen molar-refractivity contribution in [1.82, 2.24) is 4.90 Å². The summed E-state index contributed by atoms with van der Waals surface area (Å²) in [5, 5.41) is 11.8. The maximum Gasteiger partial charge on any atom is 0.321 e. The topological polar surface area (TPSA) is 52.6 Å². The second kappa shape index (κ2) is 6.35. The predicted octanol–water partition coefficient (Wildman–Crippen LogP) is 2.37. The summed E-state index contributed by atoms with van der Waals surface area (Å²) in [5.74, 6) is -0.326. The van der Waals surface area contributed by atoms with E-state index >= 15 is 0 Å². The van der Waals surface area contributed by atoms with E-state index in [1.54, 1.807) is 20.9 Å². The molecule has 0 bridgehead atoms. The van der Waals surface area contributed by atoms with Gasteiger partial charge in [0, 0.05) is 19.3 Å². The first-order valence-electron chi connectivity index (χ1n) is 5.86. The number of aryl methyl sites for hydroxylation is 1. The fourth-order valence-corrected chi connectivity index (χ4v) is 1.46. The first-order valence-corrected chi connectivity index (χ1v) is 5.86. The number of nitrogens with zero attached hydrogens (tertiary/aromatic N) is 1. The van der Waals surface area contributed by atoms with Gasteiger partial charge in [-0.2, -0.15) is 0 Å². The summed E-state index contributed by atoms with van der Waals surface area (Å²) >= 11 is 0. The number of halogens is 1. The third-order valence-corrected chi connectivity index (χ3v) is 2.66. The van der Waals surface area contributed by atoms with Crippen LogP contribution in [-0.4, -0.2) is 35.7 Å². The number of nitrogens with one attached hydrogen (secondary N) is 1. The Morgan fingerprint density at radius 3 is 2.78 bits per heavy atom. The van der Waals surface area contributed by atoms with E-state index in [4.69, 9.17) is 5.11 Å². The number of carbonyl (C=O) groups is 1. The minimum atomic E-state index is -0.437. The Morgan fingerprint density at radius 1 is 1.56 bits per heavy atom. The molecule has 0 aliphatic carbocycles. The first-order chi connectivity index (χ1) is 8.40. The normalized spacial score (nSPS) is 12.1. The van der Waals surface area contributed by atoms with E-state index < -0.39 is 6.10 Å². The van der Waals surface area contributed by atoms with E-state index in [0.29, 0.717) is 24.2 Å². The zero-order chi connectivity index (χ0) is 13.7. The zero-order valence-electron chi connectivity index (χ0n) is 10.9. The molecule has 0 radical (unpaired) electrons. The molecule has 0 fully saturated rings. The number of aliphatic hydroxyl groups excluding tert-OH is 1. The maximum absolute atomic E-state index is 12.9. The monoisotopic (exact) mass is 254 g/mol. The lowest BCUT2D eigenvalue weighted by Crippen LogP contribution is -2.33. The molecule has 1 atom stereocenters. The number of carbonyl (C=O) groups excluding carboxylic acids is 1. The fourth-order valence-electron chi connectivity index (χ4n) is 1.46. The van der Waals surface area contributed by atoms with E-state index in [2.05, 4.69) is 5.32 Å². The summed E-state index contributed by atoms with van der Waals surface area (Å²) < 4.78 is 12.9. The van der Waals surface area contributed by atoms with Crippen molar-refractivity contribution < 1.29 is 14.3 Å². The molecule has 0 aliphatic heterocycles. The van der Waals surface area contributed by atoms with E-state index in [9.17, 15) is 9.18 Å². The third kappa shape index (κ3) is 4.33. The molecule has 2 N–H and O–H groups in total. The molecular formula is C13H19FN2O2. The Balaban J connectivity index is 2.58. The van der Waals surface area contributed by atoms with Crippen molar-refractivity contribution in [3.05, 3.63) is 29.6 Å². The molecule has 1 rings (SSSR count). The molecule has 0 saturated carbocycles. The van der Waals surface area contributed by atoms with Crippen LogP contribution >= 0.6 is 0 Å². The second-order valence-electron chi connectivity index (χ2n) is 4.45. The summed E-state index contributed by atoms with van der Waals surface area (Å²) in [6, 6.07) is 3.93. The average molecular weight is 254 g/mol. The average Bonchev–Trinajstić information content (AvgIpc) is 2.29. The molecule has 1 unspecified atom stereocenters. The van der Waals surface area contributed by atoms with Crippen LogP contribution in [0, 0.1) is 12.7 Å². The van der Waals surface area contributed by atoms with Gasteiger partial charge in [-0.25, -0.2) is 9.18 Å². The van der Waals surface area contributed by atoms with Gasteiger partial charge in [-0.3, -0.25) is 0 Å². The van der Waals surface area contributed by atoms with E-state index in [1.807, 2.05) is 0 Å². The molecule has 0 spiro atoms. The number of urea groups is 1. The van der Waals surface area contributed by atoms with Crippen molar-refractivity contribution in [1.29, 1.82) is 0 Å². The third-order valence-electron chi connectivity index (χ3n) is 2.66. The van der Waals surface area contributed by atoms with Crippen LogP contribution in [0.5, 0.6) is 0 Å². The summed E-state index contributed by atoms with van der Waals surface area (Å²) in [5.41, 5.74) is 1.26. The van der Waals surface area contributed by atoms with Gasteiger partial charge in [-0.1, -0.05) is 0 Å². The summed E-state index contributed by atoms with van der Waals surface area (Å²) in [6.45, 7) is 3.87. The van der Waals surface area contributed by atoms with Crippen molar-refractivity contribution >= 4 is 11.7 Å². The number of amides is 2. The van der Waals surface area contributed by atoms with Gasteiger partial charge in [0.15, 0.2) is 0 Å². The second-order valence-corrected chi connectivity index (χ2v) is 4.45. The molecule has 2 amide bonds. The lowest BCUT2D eigenvalue weighted by molar-refractivity contribution is 0.167. The molecule has 0 saturated heterocycles. The van der Waals surface area contributed by atoms with Crippen LogP contribution in [0.4, 0.5) is 14.9 Å². The van der Waals surface area contributed by atoms with Crippen LogP contribution < -0.4 is 5.32 Å². The van der Waals surface area contributed by atoms with E-state index in [-0.39, 0.29) is 11.8 Å². The highest BCUT2D eigenvalue weighted by molar-refractivity contribution is 5.89. The molecule has 1 aromatic rings. The molecule has 5 heteroatoms. The predicted molar refractivity (Wildman–Crippen MR) is 69.1 cm³/mol. The number of rotatable bonds is 4. The Hall–Kier alpha value is -1.62. The van der Waals surface area contributed by atoms with Crippen molar-refractivity contribution in [2.24, 2.45) is 0 Å². The molecule has 4 nitrogen and oxygen atoms in total. The first kappa shape index (κ1) is 14.4. The fraction of sp³-hybridized carbons (Fsp3) is 0.462. The van der Waals surface area contributed by atoms with Crippen LogP contribution in [0.2, 0.25) is 0 Å². The Bertz CT molecular complexity index is 421. The molecule has 0 heterocycles. The maximum atomic E-state index is 12.9. The van der Waals surface area contributed by atoms with Gasteiger partial charge in [0.25, 0.3) is 0 Å². The largest absolute Gasteiger partial charge is 0.393 e. The van der Waals surface area contributed by atoms with Gasteiger partial charge < -0.3 is 15.3 Å². The van der Waals surface area contributed by atoms with Crippen molar-refractivity contribution in [3.63, 3.8) is 0 Å². The van der Waals surface area contributed by atoms with Gasteiger partial charge in [-0.15, -0.1) is 0 Å². The minimum Gasteiger partial charge on any atom is -0.393 e. The Kier molecular flexibility index (Phi) is 5.09. The van der Waals surface area contributed by atoms with Gasteiger partial charge in [0.2, 0.25) is 0 Å².